The van der Waals surface area contributed by atoms with Gasteiger partial charge in [-0.2, -0.15) is 0 Å². The third-order valence-electron chi connectivity index (χ3n) is 3.50. The fourth-order valence-electron chi connectivity index (χ4n) is 2.52. The lowest BCUT2D eigenvalue weighted by Gasteiger charge is -2.22. The highest BCUT2D eigenvalue weighted by Crippen LogP contribution is 2.44. The third-order valence-corrected chi connectivity index (χ3v) is 4.71. The third kappa shape index (κ3) is 1.75. The van der Waals surface area contributed by atoms with Gasteiger partial charge in [-0.05, 0) is 47.1 Å². The van der Waals surface area contributed by atoms with Crippen LogP contribution >= 0.6 is 20.8 Å². The average Bonchev–Trinajstić information content (AvgIpc) is 2.53. The standard InChI is InChI=1S/C16H11N2PS/c19-9-10-3-6-14-13(8-10)12-5-4-11-2-1-7-17-15(11)16(12)18-20-14/h1-9,18-19H. The van der Waals surface area contributed by atoms with E-state index >= 15 is 0 Å². The zero-order valence-corrected chi connectivity index (χ0v) is 12.4. The Balaban J connectivity index is 2.04. The first-order valence-electron chi connectivity index (χ1n) is 6.32. The molecule has 20 heavy (non-hydrogen) atoms. The molecule has 0 atom stereocenters. The van der Waals surface area contributed by atoms with E-state index in [1.165, 1.54) is 16.0 Å². The van der Waals surface area contributed by atoms with Gasteiger partial charge in [-0.25, -0.2) is 0 Å². The molecule has 1 aliphatic heterocycles. The highest BCUT2D eigenvalue weighted by molar-refractivity contribution is 8.00. The fourth-order valence-corrected chi connectivity index (χ4v) is 3.53. The number of pyridine rings is 1. The summed E-state index contributed by atoms with van der Waals surface area (Å²) in [5.41, 5.74) is 5.75. The molecule has 0 radical (unpaired) electrons. The van der Waals surface area contributed by atoms with Crippen molar-refractivity contribution in [3.63, 3.8) is 0 Å². The van der Waals surface area contributed by atoms with Crippen LogP contribution in [0.5, 0.6) is 0 Å². The number of rotatable bonds is 1. The Kier molecular flexibility index (Phi) is 2.76. The van der Waals surface area contributed by atoms with Crippen molar-refractivity contribution in [1.29, 1.82) is 0 Å². The maximum absolute atomic E-state index is 4.52. The second kappa shape index (κ2) is 4.62. The Bertz CT molecular complexity index is 845. The molecule has 3 aromatic rings. The van der Waals surface area contributed by atoms with E-state index in [-0.39, 0.29) is 0 Å². The van der Waals surface area contributed by atoms with E-state index in [0.29, 0.717) is 0 Å². The number of hydrogen-bond acceptors (Lipinski definition) is 3. The molecule has 0 saturated carbocycles. The largest absolute Gasteiger partial charge is 0.323 e. The second-order valence-corrected chi connectivity index (χ2v) is 5.80. The lowest BCUT2D eigenvalue weighted by Crippen LogP contribution is -2.01. The average molecular weight is 294 g/mol. The Labute approximate surface area is 123 Å². The number of anilines is 1. The van der Waals surface area contributed by atoms with Crippen LogP contribution in [0.25, 0.3) is 22.0 Å². The van der Waals surface area contributed by atoms with Gasteiger partial charge in [0.05, 0.1) is 11.2 Å². The number of aromatic nitrogens is 1. The summed E-state index contributed by atoms with van der Waals surface area (Å²) in [7, 11) is 3.45. The number of nitrogens with zero attached hydrogens (tertiary/aromatic N) is 1. The molecule has 96 valence electrons. The van der Waals surface area contributed by atoms with Crippen molar-refractivity contribution in [3.05, 3.63) is 54.2 Å². The molecule has 1 aromatic heterocycles. The van der Waals surface area contributed by atoms with Crippen molar-refractivity contribution < 1.29 is 0 Å². The summed E-state index contributed by atoms with van der Waals surface area (Å²) < 4.78 is 3.43. The first-order valence-corrected chi connectivity index (χ1v) is 7.72. The molecular weight excluding hydrogens is 283 g/mol. The molecule has 0 saturated heterocycles. The van der Waals surface area contributed by atoms with Crippen LogP contribution in [0.15, 0.2) is 53.6 Å². The monoisotopic (exact) mass is 294 g/mol. The SMILES string of the molecule is P=Cc1ccc2c(c1)-c1ccc3cccnc3c1NS2. The van der Waals surface area contributed by atoms with Gasteiger partial charge in [-0.3, -0.25) is 4.98 Å². The molecule has 4 rings (SSSR count). The molecule has 0 spiro atoms. The van der Waals surface area contributed by atoms with Crippen molar-refractivity contribution in [3.8, 4) is 11.1 Å². The van der Waals surface area contributed by atoms with Crippen molar-refractivity contribution in [2.24, 2.45) is 0 Å². The minimum absolute atomic E-state index is 1.02. The zero-order valence-electron chi connectivity index (χ0n) is 10.6. The topological polar surface area (TPSA) is 24.9 Å². The zero-order chi connectivity index (χ0) is 13.5. The van der Waals surface area contributed by atoms with Crippen LogP contribution in [-0.2, 0) is 0 Å². The van der Waals surface area contributed by atoms with E-state index in [1.807, 2.05) is 18.1 Å². The van der Waals surface area contributed by atoms with E-state index in [4.69, 9.17) is 0 Å². The molecule has 0 fully saturated rings. The Hall–Kier alpha value is -1.83. The Morgan fingerprint density at radius 2 is 2.05 bits per heavy atom. The summed E-state index contributed by atoms with van der Waals surface area (Å²) in [6.45, 7) is 0. The van der Waals surface area contributed by atoms with Crippen molar-refractivity contribution in [2.75, 3.05) is 4.72 Å². The van der Waals surface area contributed by atoms with Gasteiger partial charge in [0, 0.05) is 22.0 Å². The Morgan fingerprint density at radius 1 is 1.10 bits per heavy atom. The summed E-state index contributed by atoms with van der Waals surface area (Å²) >= 11 is 1.65. The Morgan fingerprint density at radius 3 is 2.95 bits per heavy atom. The van der Waals surface area contributed by atoms with Crippen LogP contribution in [0.4, 0.5) is 5.69 Å². The van der Waals surface area contributed by atoms with E-state index in [1.54, 1.807) is 11.9 Å². The molecule has 2 heterocycles. The molecular formula is C16H11N2PS. The van der Waals surface area contributed by atoms with Gasteiger partial charge in [0.25, 0.3) is 0 Å². The van der Waals surface area contributed by atoms with Gasteiger partial charge in [0.2, 0.25) is 0 Å². The molecule has 0 unspecified atom stereocenters. The summed E-state index contributed by atoms with van der Waals surface area (Å²) in [6.07, 6.45) is 1.84. The lowest BCUT2D eigenvalue weighted by atomic mass is 9.99. The molecule has 2 nitrogen and oxygen atoms in total. The van der Waals surface area contributed by atoms with Gasteiger partial charge in [0.15, 0.2) is 0 Å². The molecule has 1 N–H and O–H groups in total. The van der Waals surface area contributed by atoms with E-state index in [0.717, 1.165) is 22.2 Å². The van der Waals surface area contributed by atoms with Crippen LogP contribution in [-0.4, -0.2) is 10.8 Å². The molecule has 0 amide bonds. The number of fused-ring (bicyclic) bond motifs is 5. The van der Waals surface area contributed by atoms with Gasteiger partial charge in [-0.15, -0.1) is 8.86 Å². The van der Waals surface area contributed by atoms with Crippen LogP contribution in [0, 0.1) is 0 Å². The summed E-state index contributed by atoms with van der Waals surface area (Å²) in [5, 5.41) is 1.16. The van der Waals surface area contributed by atoms with Gasteiger partial charge in [-0.1, -0.05) is 24.3 Å². The maximum atomic E-state index is 4.52. The number of benzene rings is 2. The van der Waals surface area contributed by atoms with Crippen LogP contribution in [0.1, 0.15) is 5.56 Å². The molecule has 0 aliphatic carbocycles. The van der Waals surface area contributed by atoms with Crippen LogP contribution in [0.2, 0.25) is 0 Å². The minimum Gasteiger partial charge on any atom is -0.323 e. The van der Waals surface area contributed by atoms with Crippen molar-refractivity contribution >= 4 is 43.2 Å². The smallest absolute Gasteiger partial charge is 0.0948 e. The summed E-state index contributed by atoms with van der Waals surface area (Å²) in [4.78, 5) is 5.76. The van der Waals surface area contributed by atoms with Gasteiger partial charge >= 0.3 is 0 Å². The van der Waals surface area contributed by atoms with Crippen molar-refractivity contribution in [1.82, 2.24) is 4.98 Å². The maximum Gasteiger partial charge on any atom is 0.0948 e. The quantitative estimate of drug-likeness (QED) is 0.523. The van der Waals surface area contributed by atoms with Crippen molar-refractivity contribution in [2.45, 2.75) is 4.90 Å². The number of hydrogen-bond donors (Lipinski definition) is 1. The van der Waals surface area contributed by atoms with Crippen LogP contribution in [0.3, 0.4) is 0 Å². The lowest BCUT2D eigenvalue weighted by molar-refractivity contribution is 1.39. The first kappa shape index (κ1) is 12.0. The van der Waals surface area contributed by atoms with E-state index < -0.39 is 0 Å². The second-order valence-electron chi connectivity index (χ2n) is 4.67. The molecule has 1 aliphatic rings. The normalized spacial score (nSPS) is 12.4. The molecule has 4 heteroatoms. The minimum atomic E-state index is 1.02. The molecule has 0 bridgehead atoms. The van der Waals surface area contributed by atoms with Gasteiger partial charge < -0.3 is 4.72 Å². The predicted octanol–water partition coefficient (Wildman–Crippen LogP) is 4.63. The van der Waals surface area contributed by atoms with Crippen LogP contribution < -0.4 is 4.72 Å². The first-order chi connectivity index (χ1) is 9.86. The molecule has 2 aromatic carbocycles. The highest BCUT2D eigenvalue weighted by atomic mass is 32.2. The van der Waals surface area contributed by atoms with Gasteiger partial charge in [0.1, 0.15) is 0 Å². The summed E-state index contributed by atoms with van der Waals surface area (Å²) in [6, 6.07) is 14.8. The highest BCUT2D eigenvalue weighted by Gasteiger charge is 2.19. The van der Waals surface area contributed by atoms with E-state index in [2.05, 4.69) is 55.0 Å². The fraction of sp³-hybridized carbons (Fsp3) is 0. The number of nitrogens with one attached hydrogen (secondary N) is 1. The van der Waals surface area contributed by atoms with E-state index in [9.17, 15) is 0 Å². The predicted molar refractivity (Wildman–Crippen MR) is 90.1 cm³/mol. The summed E-state index contributed by atoms with van der Waals surface area (Å²) in [5.74, 6) is 1.94.